The van der Waals surface area contributed by atoms with Crippen LogP contribution in [0.2, 0.25) is 0 Å². The molecular formula is C8H12NS. The first-order valence-electron chi connectivity index (χ1n) is 3.59. The minimum Gasteiger partial charge on any atom is -0.249 e. The van der Waals surface area contributed by atoms with E-state index in [1.165, 1.54) is 9.88 Å². The van der Waals surface area contributed by atoms with Crippen molar-refractivity contribution in [3.05, 3.63) is 23.0 Å². The minimum absolute atomic E-state index is 0.955. The molecule has 55 valence electrons. The van der Waals surface area contributed by atoms with Crippen LogP contribution in [0.15, 0.2) is 6.20 Å². The third-order valence-corrected chi connectivity index (χ3v) is 2.54. The summed E-state index contributed by atoms with van der Waals surface area (Å²) in [4.78, 5) is 5.63. The molecule has 1 heterocycles. The molecule has 1 aromatic rings. The van der Waals surface area contributed by atoms with E-state index in [0.717, 1.165) is 19.3 Å². The number of thiazole rings is 1. The smallest absolute Gasteiger partial charge is 0.0927 e. The molecule has 1 nitrogen and oxygen atoms in total. The molecule has 1 rings (SSSR count). The number of nitrogens with zero attached hydrogens (tertiary/aromatic N) is 1. The van der Waals surface area contributed by atoms with Gasteiger partial charge in [0.05, 0.1) is 5.01 Å². The van der Waals surface area contributed by atoms with Gasteiger partial charge in [-0.15, -0.1) is 11.3 Å². The fourth-order valence-corrected chi connectivity index (χ4v) is 1.68. The van der Waals surface area contributed by atoms with Crippen molar-refractivity contribution in [2.45, 2.75) is 26.2 Å². The van der Waals surface area contributed by atoms with E-state index in [9.17, 15) is 0 Å². The lowest BCUT2D eigenvalue weighted by molar-refractivity contribution is 0.977. The van der Waals surface area contributed by atoms with Crippen molar-refractivity contribution in [3.8, 4) is 0 Å². The van der Waals surface area contributed by atoms with Gasteiger partial charge in [-0.25, -0.2) is 4.98 Å². The van der Waals surface area contributed by atoms with Gasteiger partial charge in [-0.1, -0.05) is 13.8 Å². The lowest BCUT2D eigenvalue weighted by atomic mass is 10.4. The molecule has 0 spiro atoms. The third kappa shape index (κ3) is 1.81. The van der Waals surface area contributed by atoms with Gasteiger partial charge in [0.1, 0.15) is 0 Å². The van der Waals surface area contributed by atoms with Crippen LogP contribution in [0.1, 0.15) is 23.2 Å². The quantitative estimate of drug-likeness (QED) is 0.651. The predicted molar refractivity (Wildman–Crippen MR) is 45.2 cm³/mol. The Morgan fingerprint density at radius 3 is 3.00 bits per heavy atom. The van der Waals surface area contributed by atoms with Gasteiger partial charge in [0, 0.05) is 11.1 Å². The van der Waals surface area contributed by atoms with Gasteiger partial charge in [0.2, 0.25) is 0 Å². The number of rotatable bonds is 3. The molecule has 0 bridgehead atoms. The Kier molecular flexibility index (Phi) is 2.87. The Morgan fingerprint density at radius 2 is 2.50 bits per heavy atom. The Hall–Kier alpha value is -0.370. The number of hydrogen-bond acceptors (Lipinski definition) is 2. The van der Waals surface area contributed by atoms with E-state index < -0.39 is 0 Å². The van der Waals surface area contributed by atoms with Gasteiger partial charge in [-0.3, -0.25) is 0 Å². The molecule has 0 N–H and O–H groups in total. The van der Waals surface area contributed by atoms with Crippen LogP contribution in [0, 0.1) is 6.92 Å². The third-order valence-electron chi connectivity index (χ3n) is 1.34. The van der Waals surface area contributed by atoms with E-state index in [0.29, 0.717) is 0 Å². The van der Waals surface area contributed by atoms with Crippen LogP contribution in [0.3, 0.4) is 0 Å². The maximum Gasteiger partial charge on any atom is 0.0927 e. The monoisotopic (exact) mass is 154 g/mol. The molecule has 0 fully saturated rings. The SMILES string of the molecule is [CH2]CCc1ncc(CC)s1. The molecule has 0 aromatic carbocycles. The largest absolute Gasteiger partial charge is 0.249 e. The van der Waals surface area contributed by atoms with Gasteiger partial charge in [-0.2, -0.15) is 0 Å². The van der Waals surface area contributed by atoms with Crippen LogP contribution in [0.25, 0.3) is 0 Å². The normalized spacial score (nSPS) is 10.2. The molecule has 2 heteroatoms. The summed E-state index contributed by atoms with van der Waals surface area (Å²) in [5.74, 6) is 0. The molecule has 10 heavy (non-hydrogen) atoms. The Labute approximate surface area is 66.1 Å². The van der Waals surface area contributed by atoms with E-state index in [4.69, 9.17) is 0 Å². The highest BCUT2D eigenvalue weighted by Crippen LogP contribution is 2.14. The van der Waals surface area contributed by atoms with Crippen LogP contribution >= 0.6 is 11.3 Å². The number of aromatic nitrogens is 1. The van der Waals surface area contributed by atoms with Crippen molar-refractivity contribution in [2.24, 2.45) is 0 Å². The molecule has 1 aromatic heterocycles. The first-order chi connectivity index (χ1) is 4.86. The van der Waals surface area contributed by atoms with Crippen LogP contribution < -0.4 is 0 Å². The highest BCUT2D eigenvalue weighted by molar-refractivity contribution is 7.11. The first-order valence-corrected chi connectivity index (χ1v) is 4.41. The Morgan fingerprint density at radius 1 is 1.70 bits per heavy atom. The minimum atomic E-state index is 0.955. The molecule has 0 unspecified atom stereocenters. The van der Waals surface area contributed by atoms with E-state index in [-0.39, 0.29) is 0 Å². The lowest BCUT2D eigenvalue weighted by Gasteiger charge is -1.86. The van der Waals surface area contributed by atoms with Crippen LogP contribution in [0.4, 0.5) is 0 Å². The van der Waals surface area contributed by atoms with Crippen molar-refractivity contribution in [1.82, 2.24) is 4.98 Å². The Balaban J connectivity index is 2.59. The summed E-state index contributed by atoms with van der Waals surface area (Å²) in [6.45, 7) is 5.94. The zero-order valence-corrected chi connectivity index (χ0v) is 7.08. The maximum absolute atomic E-state index is 4.26. The molecule has 0 saturated heterocycles. The summed E-state index contributed by atoms with van der Waals surface area (Å²) in [6, 6.07) is 0. The van der Waals surface area contributed by atoms with Crippen LogP contribution in [0.5, 0.6) is 0 Å². The second-order valence-corrected chi connectivity index (χ2v) is 3.38. The number of aryl methyl sites for hydroxylation is 2. The summed E-state index contributed by atoms with van der Waals surface area (Å²) in [5.41, 5.74) is 0. The fraction of sp³-hybridized carbons (Fsp3) is 0.500. The highest BCUT2D eigenvalue weighted by atomic mass is 32.1. The van der Waals surface area contributed by atoms with Gasteiger partial charge >= 0.3 is 0 Å². The second-order valence-electron chi connectivity index (χ2n) is 2.18. The summed E-state index contributed by atoms with van der Waals surface area (Å²) >= 11 is 1.81. The summed E-state index contributed by atoms with van der Waals surface area (Å²) in [7, 11) is 0. The predicted octanol–water partition coefficient (Wildman–Crippen LogP) is 2.47. The van der Waals surface area contributed by atoms with Gasteiger partial charge < -0.3 is 0 Å². The average Bonchev–Trinajstić information content (AvgIpc) is 2.37. The molecule has 0 aliphatic rings. The van der Waals surface area contributed by atoms with Crippen molar-refractivity contribution in [2.75, 3.05) is 0 Å². The molecule has 1 radical (unpaired) electrons. The van der Waals surface area contributed by atoms with Crippen molar-refractivity contribution >= 4 is 11.3 Å². The fourth-order valence-electron chi connectivity index (χ4n) is 0.778. The van der Waals surface area contributed by atoms with Crippen LogP contribution in [-0.2, 0) is 12.8 Å². The maximum atomic E-state index is 4.26. The number of hydrogen-bond donors (Lipinski definition) is 0. The van der Waals surface area contributed by atoms with E-state index in [2.05, 4.69) is 18.8 Å². The summed E-state index contributed by atoms with van der Waals surface area (Å²) in [5, 5.41) is 1.23. The Bertz CT molecular complexity index is 193. The van der Waals surface area contributed by atoms with Crippen molar-refractivity contribution in [1.29, 1.82) is 0 Å². The molecular weight excluding hydrogens is 142 g/mol. The molecule has 0 atom stereocenters. The molecule has 0 aliphatic heterocycles. The first kappa shape index (κ1) is 7.73. The van der Waals surface area contributed by atoms with Crippen molar-refractivity contribution < 1.29 is 0 Å². The highest BCUT2D eigenvalue weighted by Gasteiger charge is 1.97. The molecule has 0 amide bonds. The van der Waals surface area contributed by atoms with Crippen LogP contribution in [-0.4, -0.2) is 4.98 Å². The van der Waals surface area contributed by atoms with E-state index in [1.54, 1.807) is 11.3 Å². The zero-order chi connectivity index (χ0) is 7.40. The topological polar surface area (TPSA) is 12.9 Å². The van der Waals surface area contributed by atoms with Gasteiger partial charge in [-0.05, 0) is 19.3 Å². The van der Waals surface area contributed by atoms with Gasteiger partial charge in [0.25, 0.3) is 0 Å². The summed E-state index contributed by atoms with van der Waals surface area (Å²) in [6.07, 6.45) is 5.06. The van der Waals surface area contributed by atoms with Crippen molar-refractivity contribution in [3.63, 3.8) is 0 Å². The molecule has 0 saturated carbocycles. The van der Waals surface area contributed by atoms with Gasteiger partial charge in [0.15, 0.2) is 0 Å². The molecule has 0 aliphatic carbocycles. The average molecular weight is 154 g/mol. The standard InChI is InChI=1S/C8H12NS/c1-3-5-8-9-6-7(4-2)10-8/h6H,1,3-5H2,2H3. The summed E-state index contributed by atoms with van der Waals surface area (Å²) < 4.78 is 0. The lowest BCUT2D eigenvalue weighted by Crippen LogP contribution is -1.77. The van der Waals surface area contributed by atoms with E-state index in [1.807, 2.05) is 6.20 Å². The zero-order valence-electron chi connectivity index (χ0n) is 6.26. The van der Waals surface area contributed by atoms with E-state index >= 15 is 0 Å². The second kappa shape index (κ2) is 3.71.